The molecule has 6 rings (SSSR count). The van der Waals surface area contributed by atoms with Crippen LogP contribution in [-0.4, -0.2) is 57.3 Å². The van der Waals surface area contributed by atoms with Crippen molar-refractivity contribution in [3.8, 4) is 38.8 Å². The first-order valence-electron chi connectivity index (χ1n) is 11.4. The summed E-state index contributed by atoms with van der Waals surface area (Å²) in [4.78, 5) is 15.8. The summed E-state index contributed by atoms with van der Waals surface area (Å²) in [5, 5.41) is 12.0. The van der Waals surface area contributed by atoms with Crippen LogP contribution in [0.4, 0.5) is 0 Å². The average molecular weight is 481 g/mol. The topological polar surface area (TPSA) is 82.7 Å². The Labute approximate surface area is 206 Å². The number of aromatic amines is 2. The second-order valence-corrected chi connectivity index (χ2v) is 9.62. The van der Waals surface area contributed by atoms with Crippen LogP contribution in [0.5, 0.6) is 5.75 Å². The van der Waals surface area contributed by atoms with Gasteiger partial charge in [0.1, 0.15) is 18.1 Å². The fourth-order valence-electron chi connectivity index (χ4n) is 4.19. The molecular weight excluding hydrogens is 456 g/mol. The van der Waals surface area contributed by atoms with Gasteiger partial charge in [-0.25, -0.2) is 0 Å². The Bertz CT molecular complexity index is 1620. The standard InChI is InChI=1S/C27H24N6OS/c1-33(2)9-10-34-19-12-18(15-28-16-19)17-5-6-23-20(13-17)26(32-31-23)24-14-21-22(30-24)7-8-29-27(21)25-4-3-11-35-25/h3-8,11-16,30H,9-10H2,1-2H3,(H,31,32). The molecule has 0 amide bonds. The van der Waals surface area contributed by atoms with Gasteiger partial charge in [0.15, 0.2) is 0 Å². The van der Waals surface area contributed by atoms with Crippen LogP contribution in [0.2, 0.25) is 0 Å². The molecular formula is C27H24N6OS. The van der Waals surface area contributed by atoms with Crippen molar-refractivity contribution in [2.24, 2.45) is 0 Å². The number of nitrogens with one attached hydrogen (secondary N) is 2. The summed E-state index contributed by atoms with van der Waals surface area (Å²) in [6, 6.07) is 16.6. The van der Waals surface area contributed by atoms with E-state index in [0.29, 0.717) is 6.61 Å². The van der Waals surface area contributed by atoms with Gasteiger partial charge in [-0.3, -0.25) is 15.1 Å². The lowest BCUT2D eigenvalue weighted by molar-refractivity contribution is 0.261. The number of aromatic nitrogens is 5. The van der Waals surface area contributed by atoms with Crippen LogP contribution in [0.3, 0.4) is 0 Å². The zero-order chi connectivity index (χ0) is 23.8. The number of H-pyrrole nitrogens is 2. The lowest BCUT2D eigenvalue weighted by atomic mass is 10.0. The average Bonchev–Trinajstić information content (AvgIpc) is 3.62. The molecule has 0 saturated carbocycles. The van der Waals surface area contributed by atoms with Gasteiger partial charge in [0.2, 0.25) is 0 Å². The van der Waals surface area contributed by atoms with E-state index in [-0.39, 0.29) is 0 Å². The third-order valence-corrected chi connectivity index (χ3v) is 6.85. The molecule has 5 heterocycles. The van der Waals surface area contributed by atoms with E-state index in [1.54, 1.807) is 17.5 Å². The van der Waals surface area contributed by atoms with Gasteiger partial charge in [0.25, 0.3) is 0 Å². The number of ether oxygens (including phenoxy) is 1. The first-order chi connectivity index (χ1) is 17.2. The minimum Gasteiger partial charge on any atom is -0.491 e. The minimum atomic E-state index is 0.617. The van der Waals surface area contributed by atoms with Crippen LogP contribution in [0.1, 0.15) is 0 Å². The number of benzene rings is 1. The van der Waals surface area contributed by atoms with Gasteiger partial charge in [0, 0.05) is 40.8 Å². The van der Waals surface area contributed by atoms with E-state index in [1.807, 2.05) is 44.7 Å². The summed E-state index contributed by atoms with van der Waals surface area (Å²) >= 11 is 1.69. The van der Waals surface area contributed by atoms with Gasteiger partial charge < -0.3 is 14.6 Å². The summed E-state index contributed by atoms with van der Waals surface area (Å²) in [6.07, 6.45) is 5.46. The number of fused-ring (bicyclic) bond motifs is 2. The van der Waals surface area contributed by atoms with Crippen LogP contribution in [0, 0.1) is 0 Å². The number of hydrogen-bond donors (Lipinski definition) is 2. The van der Waals surface area contributed by atoms with Crippen molar-refractivity contribution < 1.29 is 4.74 Å². The Morgan fingerprint density at radius 3 is 2.71 bits per heavy atom. The number of nitrogens with zero attached hydrogens (tertiary/aromatic N) is 4. The molecule has 8 heteroatoms. The zero-order valence-electron chi connectivity index (χ0n) is 19.4. The molecule has 0 atom stereocenters. The van der Waals surface area contributed by atoms with E-state index in [4.69, 9.17) is 4.74 Å². The fraction of sp³-hybridized carbons (Fsp3) is 0.148. The van der Waals surface area contributed by atoms with E-state index in [1.165, 1.54) is 0 Å². The highest BCUT2D eigenvalue weighted by Gasteiger charge is 2.15. The maximum Gasteiger partial charge on any atom is 0.138 e. The highest BCUT2D eigenvalue weighted by atomic mass is 32.1. The Kier molecular flexibility index (Phi) is 5.52. The molecule has 174 valence electrons. The SMILES string of the molecule is CN(C)CCOc1cncc(-c2ccc3[nH]nc(-c4cc5c(-c6cccs6)nccc5[nH]4)c3c2)c1. The maximum absolute atomic E-state index is 5.89. The van der Waals surface area contributed by atoms with Gasteiger partial charge in [-0.05, 0) is 61.4 Å². The molecule has 1 aromatic carbocycles. The quantitative estimate of drug-likeness (QED) is 0.300. The number of pyridine rings is 2. The summed E-state index contributed by atoms with van der Waals surface area (Å²) in [5.41, 5.74) is 6.89. The monoisotopic (exact) mass is 480 g/mol. The second kappa shape index (κ2) is 8.98. The molecule has 2 N–H and O–H groups in total. The van der Waals surface area contributed by atoms with Crippen LogP contribution >= 0.6 is 11.3 Å². The van der Waals surface area contributed by atoms with Gasteiger partial charge >= 0.3 is 0 Å². The van der Waals surface area contributed by atoms with Crippen LogP contribution in [-0.2, 0) is 0 Å². The Balaban J connectivity index is 1.38. The predicted molar refractivity (Wildman–Crippen MR) is 142 cm³/mol. The lowest BCUT2D eigenvalue weighted by Crippen LogP contribution is -2.19. The zero-order valence-corrected chi connectivity index (χ0v) is 20.3. The number of hydrogen-bond acceptors (Lipinski definition) is 6. The first-order valence-corrected chi connectivity index (χ1v) is 12.3. The van der Waals surface area contributed by atoms with Crippen molar-refractivity contribution in [1.82, 2.24) is 30.0 Å². The predicted octanol–water partition coefficient (Wildman–Crippen LogP) is 5.84. The van der Waals surface area contributed by atoms with Gasteiger partial charge in [-0.15, -0.1) is 11.3 Å². The molecule has 5 aromatic heterocycles. The van der Waals surface area contributed by atoms with Crippen LogP contribution in [0.15, 0.2) is 72.5 Å². The fourth-order valence-corrected chi connectivity index (χ4v) is 4.93. The van der Waals surface area contributed by atoms with Crippen molar-refractivity contribution in [1.29, 1.82) is 0 Å². The molecule has 7 nitrogen and oxygen atoms in total. The molecule has 0 radical (unpaired) electrons. The number of rotatable bonds is 7. The molecule has 0 unspecified atom stereocenters. The molecule has 0 saturated heterocycles. The molecule has 0 bridgehead atoms. The third kappa shape index (κ3) is 4.18. The highest BCUT2D eigenvalue weighted by Crippen LogP contribution is 2.35. The van der Waals surface area contributed by atoms with E-state index in [9.17, 15) is 0 Å². The Hall–Kier alpha value is -4.01. The van der Waals surface area contributed by atoms with Crippen molar-refractivity contribution in [3.63, 3.8) is 0 Å². The van der Waals surface area contributed by atoms with E-state index in [0.717, 1.165) is 67.2 Å². The molecule has 0 fully saturated rings. The first kappa shape index (κ1) is 21.5. The molecule has 0 spiro atoms. The van der Waals surface area contributed by atoms with Crippen molar-refractivity contribution in [2.75, 3.05) is 27.2 Å². The van der Waals surface area contributed by atoms with E-state index >= 15 is 0 Å². The van der Waals surface area contributed by atoms with Crippen LogP contribution in [0.25, 0.3) is 54.9 Å². The second-order valence-electron chi connectivity index (χ2n) is 8.67. The van der Waals surface area contributed by atoms with Crippen molar-refractivity contribution in [2.45, 2.75) is 0 Å². The maximum atomic E-state index is 5.89. The molecule has 35 heavy (non-hydrogen) atoms. The summed E-state index contributed by atoms with van der Waals surface area (Å²) in [5.74, 6) is 0.765. The summed E-state index contributed by atoms with van der Waals surface area (Å²) in [7, 11) is 4.06. The number of thiophene rings is 1. The summed E-state index contributed by atoms with van der Waals surface area (Å²) < 4.78 is 5.89. The molecule has 0 aliphatic rings. The van der Waals surface area contributed by atoms with Crippen molar-refractivity contribution in [3.05, 3.63) is 72.5 Å². The number of likely N-dealkylation sites (N-methyl/N-ethyl adjacent to an activating group) is 1. The van der Waals surface area contributed by atoms with Crippen molar-refractivity contribution >= 4 is 33.1 Å². The minimum absolute atomic E-state index is 0.617. The van der Waals surface area contributed by atoms with Gasteiger partial charge in [0.05, 0.1) is 28.0 Å². The van der Waals surface area contributed by atoms with E-state index < -0.39 is 0 Å². The molecule has 0 aliphatic carbocycles. The normalized spacial score (nSPS) is 11.6. The third-order valence-electron chi connectivity index (χ3n) is 5.97. The Morgan fingerprint density at radius 2 is 1.86 bits per heavy atom. The Morgan fingerprint density at radius 1 is 0.943 bits per heavy atom. The molecule has 6 aromatic rings. The van der Waals surface area contributed by atoms with Crippen LogP contribution < -0.4 is 4.74 Å². The van der Waals surface area contributed by atoms with Gasteiger partial charge in [-0.2, -0.15) is 5.10 Å². The lowest BCUT2D eigenvalue weighted by Gasteiger charge is -2.11. The highest BCUT2D eigenvalue weighted by molar-refractivity contribution is 7.13. The van der Waals surface area contributed by atoms with E-state index in [2.05, 4.69) is 65.8 Å². The van der Waals surface area contributed by atoms with Gasteiger partial charge in [-0.1, -0.05) is 12.1 Å². The molecule has 0 aliphatic heterocycles. The largest absolute Gasteiger partial charge is 0.491 e. The summed E-state index contributed by atoms with van der Waals surface area (Å²) in [6.45, 7) is 1.47. The smallest absolute Gasteiger partial charge is 0.138 e.